The molecule has 3 heterocycles. The molecule has 10 nitrogen and oxygen atoms in total. The predicted molar refractivity (Wildman–Crippen MR) is 139 cm³/mol. The van der Waals surface area contributed by atoms with Crippen molar-refractivity contribution >= 4 is 40.7 Å². The Morgan fingerprint density at radius 2 is 1.54 bits per heavy atom. The van der Waals surface area contributed by atoms with Crippen molar-refractivity contribution in [2.45, 2.75) is 77.9 Å². The molecule has 4 rings (SSSR count). The fraction of sp³-hybridized carbons (Fsp3) is 0.556. The standard InChI is InChI=1S/C27H36N4O6/c1-26(2,3)36-24(34)29-13-10-17(11-14-29)21-16-18-19(30-15-12-22(32)28-23(30)33)8-7-9-20(18)31(21)25(35)37-27(4,5)6/h7-9,16-17H,10-15H2,1-6H3,(H,28,32,33). The van der Waals surface area contributed by atoms with E-state index in [1.165, 1.54) is 4.90 Å². The fourth-order valence-corrected chi connectivity index (χ4v) is 4.76. The number of fused-ring (bicyclic) bond motifs is 1. The van der Waals surface area contributed by atoms with Gasteiger partial charge in [-0.05, 0) is 72.6 Å². The van der Waals surface area contributed by atoms with Crippen LogP contribution in [0.5, 0.6) is 0 Å². The summed E-state index contributed by atoms with van der Waals surface area (Å²) in [4.78, 5) is 53.5. The van der Waals surface area contributed by atoms with Crippen LogP contribution in [-0.4, -0.2) is 64.4 Å². The normalized spacial score (nSPS) is 17.7. The summed E-state index contributed by atoms with van der Waals surface area (Å²) in [5, 5.41) is 3.09. The number of aromatic nitrogens is 1. The minimum atomic E-state index is -0.699. The number of ether oxygens (including phenoxy) is 2. The summed E-state index contributed by atoms with van der Waals surface area (Å²) >= 11 is 0. The number of piperidine rings is 1. The molecule has 1 N–H and O–H groups in total. The van der Waals surface area contributed by atoms with Crippen LogP contribution in [-0.2, 0) is 14.3 Å². The lowest BCUT2D eigenvalue weighted by Crippen LogP contribution is -2.49. The second-order valence-electron chi connectivity index (χ2n) is 11.6. The van der Waals surface area contributed by atoms with Crippen molar-refractivity contribution in [1.82, 2.24) is 14.8 Å². The number of imide groups is 1. The van der Waals surface area contributed by atoms with E-state index in [1.807, 2.05) is 59.7 Å². The molecule has 1 aromatic carbocycles. The number of hydrogen-bond acceptors (Lipinski definition) is 6. The largest absolute Gasteiger partial charge is 0.444 e. The Balaban J connectivity index is 1.70. The molecule has 0 spiro atoms. The maximum absolute atomic E-state index is 13.4. The molecule has 0 radical (unpaired) electrons. The first-order valence-corrected chi connectivity index (χ1v) is 12.7. The summed E-state index contributed by atoms with van der Waals surface area (Å²) in [6, 6.07) is 6.88. The number of anilines is 1. The fourth-order valence-electron chi connectivity index (χ4n) is 4.76. The summed E-state index contributed by atoms with van der Waals surface area (Å²) in [7, 11) is 0. The quantitative estimate of drug-likeness (QED) is 0.607. The van der Waals surface area contributed by atoms with Crippen LogP contribution in [0, 0.1) is 0 Å². The number of rotatable bonds is 2. The van der Waals surface area contributed by atoms with Gasteiger partial charge in [0.25, 0.3) is 0 Å². The van der Waals surface area contributed by atoms with Gasteiger partial charge >= 0.3 is 18.2 Å². The molecule has 10 heteroatoms. The lowest BCUT2D eigenvalue weighted by atomic mass is 9.93. The van der Waals surface area contributed by atoms with Crippen LogP contribution in [0.4, 0.5) is 20.1 Å². The smallest absolute Gasteiger partial charge is 0.419 e. The average molecular weight is 513 g/mol. The van der Waals surface area contributed by atoms with Gasteiger partial charge in [-0.2, -0.15) is 0 Å². The van der Waals surface area contributed by atoms with Gasteiger partial charge in [-0.1, -0.05) is 6.07 Å². The van der Waals surface area contributed by atoms with Crippen molar-refractivity contribution in [2.24, 2.45) is 0 Å². The van der Waals surface area contributed by atoms with E-state index in [-0.39, 0.29) is 30.9 Å². The number of benzene rings is 1. The molecule has 0 atom stereocenters. The molecular formula is C27H36N4O6. The Labute approximate surface area is 216 Å². The van der Waals surface area contributed by atoms with E-state index in [0.717, 1.165) is 11.1 Å². The van der Waals surface area contributed by atoms with Gasteiger partial charge < -0.3 is 14.4 Å². The van der Waals surface area contributed by atoms with E-state index in [2.05, 4.69) is 5.32 Å². The van der Waals surface area contributed by atoms with Gasteiger partial charge in [0.15, 0.2) is 0 Å². The summed E-state index contributed by atoms with van der Waals surface area (Å²) in [6.45, 7) is 12.2. The number of amides is 4. The van der Waals surface area contributed by atoms with E-state index in [1.54, 1.807) is 15.5 Å². The molecule has 4 amide bonds. The monoisotopic (exact) mass is 512 g/mol. The number of likely N-dealkylation sites (tertiary alicyclic amines) is 1. The van der Waals surface area contributed by atoms with Crippen molar-refractivity contribution in [3.63, 3.8) is 0 Å². The van der Waals surface area contributed by atoms with Gasteiger partial charge in [0, 0.05) is 43.1 Å². The Morgan fingerprint density at radius 3 is 2.14 bits per heavy atom. The molecule has 0 aliphatic carbocycles. The molecule has 2 saturated heterocycles. The van der Waals surface area contributed by atoms with Crippen molar-refractivity contribution in [2.75, 3.05) is 24.5 Å². The predicted octanol–water partition coefficient (Wildman–Crippen LogP) is 4.99. The highest BCUT2D eigenvalue weighted by Gasteiger charge is 2.33. The highest BCUT2D eigenvalue weighted by atomic mass is 16.6. The molecule has 0 saturated carbocycles. The molecule has 2 aliphatic heterocycles. The van der Waals surface area contributed by atoms with E-state index in [0.29, 0.717) is 37.1 Å². The number of nitrogens with one attached hydrogen (secondary N) is 1. The third-order valence-corrected chi connectivity index (χ3v) is 6.34. The third kappa shape index (κ3) is 5.89. The van der Waals surface area contributed by atoms with Crippen molar-refractivity contribution in [3.8, 4) is 0 Å². The lowest BCUT2D eigenvalue weighted by molar-refractivity contribution is -0.120. The van der Waals surface area contributed by atoms with E-state index >= 15 is 0 Å². The molecule has 0 bridgehead atoms. The second-order valence-corrected chi connectivity index (χ2v) is 11.6. The van der Waals surface area contributed by atoms with Crippen LogP contribution >= 0.6 is 0 Å². The molecule has 37 heavy (non-hydrogen) atoms. The number of hydrogen-bond donors (Lipinski definition) is 1. The molecule has 200 valence electrons. The molecule has 0 unspecified atom stereocenters. The summed E-state index contributed by atoms with van der Waals surface area (Å²) in [5.74, 6) is -0.319. The number of nitrogens with zero attached hydrogens (tertiary/aromatic N) is 3. The zero-order valence-electron chi connectivity index (χ0n) is 22.4. The SMILES string of the molecule is CC(C)(C)OC(=O)N1CCC(c2cc3c(N4CCC(=O)NC4=O)cccc3n2C(=O)OC(C)(C)C)CC1. The van der Waals surface area contributed by atoms with Gasteiger partial charge in [-0.3, -0.25) is 15.0 Å². The molecule has 2 fully saturated rings. The van der Waals surface area contributed by atoms with Gasteiger partial charge in [-0.25, -0.2) is 19.0 Å². The van der Waals surface area contributed by atoms with Crippen LogP contribution < -0.4 is 10.2 Å². The maximum atomic E-state index is 13.4. The number of urea groups is 1. The van der Waals surface area contributed by atoms with Gasteiger partial charge in [0.1, 0.15) is 11.2 Å². The van der Waals surface area contributed by atoms with Crippen molar-refractivity contribution < 1.29 is 28.7 Å². The maximum Gasteiger partial charge on any atom is 0.419 e. The summed E-state index contributed by atoms with van der Waals surface area (Å²) in [6.07, 6.45) is 0.651. The third-order valence-electron chi connectivity index (χ3n) is 6.34. The Hall–Kier alpha value is -3.56. The van der Waals surface area contributed by atoms with Gasteiger partial charge in [-0.15, -0.1) is 0 Å². The highest BCUT2D eigenvalue weighted by Crippen LogP contribution is 2.37. The lowest BCUT2D eigenvalue weighted by Gasteiger charge is -2.33. The Morgan fingerprint density at radius 1 is 0.919 bits per heavy atom. The average Bonchev–Trinajstić information content (AvgIpc) is 3.17. The van der Waals surface area contributed by atoms with Crippen LogP contribution in [0.3, 0.4) is 0 Å². The molecule has 2 aliphatic rings. The topological polar surface area (TPSA) is 110 Å². The summed E-state index contributed by atoms with van der Waals surface area (Å²) < 4.78 is 12.9. The first-order valence-electron chi connectivity index (χ1n) is 12.7. The van der Waals surface area contributed by atoms with Crippen molar-refractivity contribution in [3.05, 3.63) is 30.0 Å². The highest BCUT2D eigenvalue weighted by molar-refractivity contribution is 6.10. The van der Waals surface area contributed by atoms with Crippen LogP contribution in [0.25, 0.3) is 10.9 Å². The van der Waals surface area contributed by atoms with Crippen LogP contribution in [0.15, 0.2) is 24.3 Å². The first-order chi connectivity index (χ1) is 17.2. The van der Waals surface area contributed by atoms with E-state index in [4.69, 9.17) is 9.47 Å². The molecule has 2 aromatic rings. The van der Waals surface area contributed by atoms with E-state index < -0.39 is 23.3 Å². The van der Waals surface area contributed by atoms with Crippen LogP contribution in [0.2, 0.25) is 0 Å². The van der Waals surface area contributed by atoms with Gasteiger partial charge in [0.2, 0.25) is 5.91 Å². The zero-order chi connectivity index (χ0) is 27.1. The van der Waals surface area contributed by atoms with E-state index in [9.17, 15) is 19.2 Å². The minimum absolute atomic E-state index is 0.0109. The first kappa shape index (κ1) is 26.5. The molecular weight excluding hydrogens is 476 g/mol. The Kier molecular flexibility index (Phi) is 6.96. The number of carbonyl (C=O) groups is 4. The van der Waals surface area contributed by atoms with Crippen LogP contribution in [0.1, 0.15) is 72.4 Å². The second kappa shape index (κ2) is 9.72. The Bertz CT molecular complexity index is 1230. The summed E-state index contributed by atoms with van der Waals surface area (Å²) in [5.41, 5.74) is 0.751. The number of carbonyl (C=O) groups excluding carboxylic acids is 4. The van der Waals surface area contributed by atoms with Gasteiger partial charge in [0.05, 0.1) is 11.2 Å². The zero-order valence-corrected chi connectivity index (χ0v) is 22.4. The minimum Gasteiger partial charge on any atom is -0.444 e. The molecule has 1 aromatic heterocycles. The van der Waals surface area contributed by atoms with Crippen molar-refractivity contribution in [1.29, 1.82) is 0 Å².